The van der Waals surface area contributed by atoms with E-state index in [-0.39, 0.29) is 10.8 Å². The first-order chi connectivity index (χ1) is 7.75. The lowest BCUT2D eigenvalue weighted by molar-refractivity contribution is 0.144. The Labute approximate surface area is 99.7 Å². The summed E-state index contributed by atoms with van der Waals surface area (Å²) in [6.07, 6.45) is 3.07. The molecule has 88 valence electrons. The van der Waals surface area contributed by atoms with Crippen molar-refractivity contribution in [3.05, 3.63) is 29.0 Å². The lowest BCUT2D eigenvalue weighted by Gasteiger charge is -2.17. The van der Waals surface area contributed by atoms with Gasteiger partial charge in [0.15, 0.2) is 0 Å². The Hall–Kier alpha value is -0.800. The van der Waals surface area contributed by atoms with E-state index in [2.05, 4.69) is 5.32 Å². The van der Waals surface area contributed by atoms with Gasteiger partial charge in [-0.1, -0.05) is 11.6 Å². The molecule has 0 amide bonds. The van der Waals surface area contributed by atoms with Gasteiger partial charge in [-0.3, -0.25) is 0 Å². The molecule has 1 fully saturated rings. The Morgan fingerprint density at radius 2 is 2.19 bits per heavy atom. The topological polar surface area (TPSA) is 21.3 Å². The zero-order valence-corrected chi connectivity index (χ0v) is 9.77. The molecule has 1 aliphatic rings. The fourth-order valence-electron chi connectivity index (χ4n) is 1.87. The van der Waals surface area contributed by atoms with E-state index in [1.165, 1.54) is 6.07 Å². The summed E-state index contributed by atoms with van der Waals surface area (Å²) in [6.45, 7) is 1.60. The summed E-state index contributed by atoms with van der Waals surface area (Å²) >= 11 is 5.63. The second-order valence-corrected chi connectivity index (χ2v) is 4.42. The van der Waals surface area contributed by atoms with Gasteiger partial charge in [-0.05, 0) is 37.5 Å². The van der Waals surface area contributed by atoms with E-state index in [1.807, 2.05) is 0 Å². The van der Waals surface area contributed by atoms with Crippen molar-refractivity contribution in [2.24, 2.45) is 0 Å². The van der Waals surface area contributed by atoms with Crippen LogP contribution in [0.2, 0.25) is 5.02 Å². The highest BCUT2D eigenvalue weighted by Gasteiger charge is 2.12. The molecule has 1 unspecified atom stereocenters. The maximum Gasteiger partial charge on any atom is 0.143 e. The van der Waals surface area contributed by atoms with Crippen molar-refractivity contribution in [3.8, 4) is 0 Å². The van der Waals surface area contributed by atoms with Crippen LogP contribution in [0.3, 0.4) is 0 Å². The molecule has 1 heterocycles. The SMILES string of the molecule is Fc1cc(NC2CCCOCC2)ccc1Cl. The maximum absolute atomic E-state index is 13.2. The monoisotopic (exact) mass is 243 g/mol. The zero-order valence-electron chi connectivity index (χ0n) is 9.01. The van der Waals surface area contributed by atoms with E-state index >= 15 is 0 Å². The quantitative estimate of drug-likeness (QED) is 0.859. The highest BCUT2D eigenvalue weighted by Crippen LogP contribution is 2.21. The highest BCUT2D eigenvalue weighted by atomic mass is 35.5. The number of rotatable bonds is 2. The van der Waals surface area contributed by atoms with Crippen LogP contribution in [0.4, 0.5) is 10.1 Å². The molecule has 1 N–H and O–H groups in total. The van der Waals surface area contributed by atoms with Crippen LogP contribution in [-0.2, 0) is 4.74 Å². The Morgan fingerprint density at radius 1 is 1.31 bits per heavy atom. The van der Waals surface area contributed by atoms with Crippen LogP contribution in [0.25, 0.3) is 0 Å². The van der Waals surface area contributed by atoms with Crippen LogP contribution >= 0.6 is 11.6 Å². The van der Waals surface area contributed by atoms with Gasteiger partial charge in [0.2, 0.25) is 0 Å². The van der Waals surface area contributed by atoms with Gasteiger partial charge in [-0.2, -0.15) is 0 Å². The van der Waals surface area contributed by atoms with Crippen LogP contribution in [0, 0.1) is 5.82 Å². The Balaban J connectivity index is 1.99. The molecular weight excluding hydrogens is 229 g/mol. The molecule has 1 atom stereocenters. The van der Waals surface area contributed by atoms with E-state index in [9.17, 15) is 4.39 Å². The Morgan fingerprint density at radius 3 is 3.00 bits per heavy atom. The Bertz CT molecular complexity index is 351. The number of ether oxygens (including phenoxy) is 1. The van der Waals surface area contributed by atoms with E-state index in [0.29, 0.717) is 6.04 Å². The minimum atomic E-state index is -0.378. The minimum Gasteiger partial charge on any atom is -0.382 e. The molecule has 4 heteroatoms. The largest absolute Gasteiger partial charge is 0.382 e. The lowest BCUT2D eigenvalue weighted by atomic mass is 10.1. The number of hydrogen-bond donors (Lipinski definition) is 1. The van der Waals surface area contributed by atoms with Crippen molar-refractivity contribution < 1.29 is 9.13 Å². The van der Waals surface area contributed by atoms with Crippen molar-refractivity contribution in [2.75, 3.05) is 18.5 Å². The fourth-order valence-corrected chi connectivity index (χ4v) is 1.99. The molecule has 0 bridgehead atoms. The highest BCUT2D eigenvalue weighted by molar-refractivity contribution is 6.30. The van der Waals surface area contributed by atoms with E-state index in [1.54, 1.807) is 12.1 Å². The van der Waals surface area contributed by atoms with E-state index < -0.39 is 0 Å². The summed E-state index contributed by atoms with van der Waals surface area (Å²) in [5.41, 5.74) is 0.786. The summed E-state index contributed by atoms with van der Waals surface area (Å²) in [5, 5.41) is 3.47. The van der Waals surface area contributed by atoms with Crippen molar-refractivity contribution >= 4 is 17.3 Å². The van der Waals surface area contributed by atoms with Gasteiger partial charge in [-0.15, -0.1) is 0 Å². The van der Waals surface area contributed by atoms with Crippen molar-refractivity contribution in [2.45, 2.75) is 25.3 Å². The van der Waals surface area contributed by atoms with E-state index in [0.717, 1.165) is 38.2 Å². The van der Waals surface area contributed by atoms with Crippen molar-refractivity contribution in [1.29, 1.82) is 0 Å². The van der Waals surface area contributed by atoms with Gasteiger partial charge < -0.3 is 10.1 Å². The summed E-state index contributed by atoms with van der Waals surface area (Å²) in [5.74, 6) is -0.378. The van der Waals surface area contributed by atoms with E-state index in [4.69, 9.17) is 16.3 Å². The molecule has 0 spiro atoms. The normalized spacial score (nSPS) is 21.5. The summed E-state index contributed by atoms with van der Waals surface area (Å²) in [4.78, 5) is 0. The first-order valence-electron chi connectivity index (χ1n) is 5.55. The molecule has 0 aliphatic carbocycles. The third-order valence-corrected chi connectivity index (χ3v) is 3.05. The molecule has 1 aromatic carbocycles. The molecule has 1 aliphatic heterocycles. The number of hydrogen-bond acceptors (Lipinski definition) is 2. The molecule has 0 saturated carbocycles. The predicted molar refractivity (Wildman–Crippen MR) is 63.5 cm³/mol. The van der Waals surface area contributed by atoms with Crippen LogP contribution in [0.1, 0.15) is 19.3 Å². The maximum atomic E-state index is 13.2. The molecule has 1 saturated heterocycles. The average molecular weight is 244 g/mol. The van der Waals surface area contributed by atoms with Crippen LogP contribution in [-0.4, -0.2) is 19.3 Å². The second-order valence-electron chi connectivity index (χ2n) is 4.01. The summed E-state index contributed by atoms with van der Waals surface area (Å²) in [7, 11) is 0. The lowest BCUT2D eigenvalue weighted by Crippen LogP contribution is -2.19. The molecule has 0 radical (unpaired) electrons. The van der Waals surface area contributed by atoms with Gasteiger partial charge >= 0.3 is 0 Å². The third kappa shape index (κ3) is 3.09. The van der Waals surface area contributed by atoms with Crippen molar-refractivity contribution in [1.82, 2.24) is 0 Å². The van der Waals surface area contributed by atoms with Gasteiger partial charge in [0.1, 0.15) is 5.82 Å². The average Bonchev–Trinajstić information content (AvgIpc) is 2.52. The summed E-state index contributed by atoms with van der Waals surface area (Å²) < 4.78 is 18.6. The summed E-state index contributed by atoms with van der Waals surface area (Å²) in [6, 6.07) is 5.18. The Kier molecular flexibility index (Phi) is 4.02. The van der Waals surface area contributed by atoms with Crippen LogP contribution < -0.4 is 5.32 Å². The number of anilines is 1. The number of benzene rings is 1. The zero-order chi connectivity index (χ0) is 11.4. The van der Waals surface area contributed by atoms with Gasteiger partial charge in [-0.25, -0.2) is 4.39 Å². The van der Waals surface area contributed by atoms with Crippen molar-refractivity contribution in [3.63, 3.8) is 0 Å². The molecule has 1 aromatic rings. The standard InChI is InChI=1S/C12H15ClFNO/c13-11-4-3-10(8-12(11)14)15-9-2-1-6-16-7-5-9/h3-4,8-9,15H,1-2,5-7H2. The first kappa shape index (κ1) is 11.7. The second kappa shape index (κ2) is 5.51. The molecular formula is C12H15ClFNO. The minimum absolute atomic E-state index is 0.162. The molecule has 2 rings (SSSR count). The first-order valence-corrected chi connectivity index (χ1v) is 5.93. The number of nitrogens with one attached hydrogen (secondary N) is 1. The van der Waals surface area contributed by atoms with Crippen LogP contribution in [0.5, 0.6) is 0 Å². The van der Waals surface area contributed by atoms with Gasteiger partial charge in [0.05, 0.1) is 5.02 Å². The van der Waals surface area contributed by atoms with Gasteiger partial charge in [0.25, 0.3) is 0 Å². The molecule has 16 heavy (non-hydrogen) atoms. The van der Waals surface area contributed by atoms with Crippen LogP contribution in [0.15, 0.2) is 18.2 Å². The molecule has 0 aromatic heterocycles. The van der Waals surface area contributed by atoms with Gasteiger partial charge in [0, 0.05) is 24.9 Å². The predicted octanol–water partition coefficient (Wildman–Crippen LogP) is 3.46. The number of halogens is 2. The fraction of sp³-hybridized carbons (Fsp3) is 0.500. The third-order valence-electron chi connectivity index (χ3n) is 2.74. The smallest absolute Gasteiger partial charge is 0.143 e. The molecule has 2 nitrogen and oxygen atoms in total.